The van der Waals surface area contributed by atoms with Crippen LogP contribution in [0, 0.1) is 0 Å². The molecule has 84 valence electrons. The van der Waals surface area contributed by atoms with Gasteiger partial charge in [-0.1, -0.05) is 18.2 Å². The molecular formula is C13H22N2. The van der Waals surface area contributed by atoms with Crippen molar-refractivity contribution >= 4 is 0 Å². The molecule has 0 amide bonds. The zero-order valence-corrected chi connectivity index (χ0v) is 10.3. The fourth-order valence-electron chi connectivity index (χ4n) is 1.64. The van der Waals surface area contributed by atoms with Crippen molar-refractivity contribution in [2.24, 2.45) is 0 Å². The first kappa shape index (κ1) is 12.1. The third-order valence-corrected chi connectivity index (χ3v) is 2.82. The second-order valence-corrected chi connectivity index (χ2v) is 4.54. The Kier molecular flexibility index (Phi) is 4.15. The molecule has 1 aliphatic rings. The van der Waals surface area contributed by atoms with Gasteiger partial charge in [-0.15, -0.1) is 0 Å². The molecule has 15 heavy (non-hydrogen) atoms. The Morgan fingerprint density at radius 3 is 2.87 bits per heavy atom. The molecule has 2 nitrogen and oxygen atoms in total. The standard InChI is InChI=1S/C13H22N2/c1-10(2)13-6-11(3)9-15(5)12(4)7-14-8-13/h6,8,12,14H,1,7,9H2,2-5H3/b11-6+,13-8+. The number of hydrogen-bond acceptors (Lipinski definition) is 2. The summed E-state index contributed by atoms with van der Waals surface area (Å²) in [5.41, 5.74) is 3.69. The van der Waals surface area contributed by atoms with E-state index in [1.54, 1.807) is 0 Å². The minimum absolute atomic E-state index is 0.550. The maximum absolute atomic E-state index is 3.99. The van der Waals surface area contributed by atoms with Gasteiger partial charge in [-0.25, -0.2) is 0 Å². The molecule has 0 aromatic carbocycles. The number of hydrogen-bond donors (Lipinski definition) is 1. The fourth-order valence-corrected chi connectivity index (χ4v) is 1.64. The first-order chi connectivity index (χ1) is 7.00. The molecule has 1 N–H and O–H groups in total. The molecule has 0 aliphatic carbocycles. The number of nitrogens with one attached hydrogen (secondary N) is 1. The summed E-state index contributed by atoms with van der Waals surface area (Å²) in [6.07, 6.45) is 4.28. The monoisotopic (exact) mass is 206 g/mol. The molecule has 0 fully saturated rings. The topological polar surface area (TPSA) is 15.3 Å². The van der Waals surface area contributed by atoms with Gasteiger partial charge >= 0.3 is 0 Å². The lowest BCUT2D eigenvalue weighted by Gasteiger charge is -2.24. The van der Waals surface area contributed by atoms with Crippen LogP contribution in [-0.2, 0) is 0 Å². The Morgan fingerprint density at radius 1 is 1.60 bits per heavy atom. The van der Waals surface area contributed by atoms with Crippen molar-refractivity contribution in [1.82, 2.24) is 10.2 Å². The third kappa shape index (κ3) is 3.56. The van der Waals surface area contributed by atoms with E-state index in [2.05, 4.69) is 50.0 Å². The summed E-state index contributed by atoms with van der Waals surface area (Å²) in [7, 11) is 2.16. The zero-order chi connectivity index (χ0) is 11.4. The maximum Gasteiger partial charge on any atom is 0.0295 e. The molecule has 1 rings (SSSR count). The Labute approximate surface area is 93.4 Å². The van der Waals surface area contributed by atoms with Gasteiger partial charge in [-0.3, -0.25) is 4.90 Å². The maximum atomic E-state index is 3.99. The summed E-state index contributed by atoms with van der Waals surface area (Å²) in [4.78, 5) is 2.36. The normalized spacial score (nSPS) is 31.1. The van der Waals surface area contributed by atoms with Gasteiger partial charge < -0.3 is 5.32 Å². The Morgan fingerprint density at radius 2 is 2.27 bits per heavy atom. The van der Waals surface area contributed by atoms with Crippen molar-refractivity contribution in [2.75, 3.05) is 20.1 Å². The van der Waals surface area contributed by atoms with Crippen molar-refractivity contribution in [1.29, 1.82) is 0 Å². The number of likely N-dealkylation sites (N-methyl/N-ethyl adjacent to an activating group) is 1. The molecule has 0 saturated carbocycles. The molecule has 0 saturated heterocycles. The van der Waals surface area contributed by atoms with Crippen molar-refractivity contribution in [3.8, 4) is 0 Å². The van der Waals surface area contributed by atoms with Gasteiger partial charge in [-0.05, 0) is 39.0 Å². The Balaban J connectivity index is 2.88. The molecule has 1 unspecified atom stereocenters. The highest BCUT2D eigenvalue weighted by Crippen LogP contribution is 2.13. The van der Waals surface area contributed by atoms with Gasteiger partial charge in [-0.2, -0.15) is 0 Å². The van der Waals surface area contributed by atoms with E-state index in [1.165, 1.54) is 11.1 Å². The smallest absolute Gasteiger partial charge is 0.0295 e. The Hall–Kier alpha value is -1.02. The molecule has 2 heteroatoms. The molecule has 1 heterocycles. The van der Waals surface area contributed by atoms with Crippen LogP contribution in [-0.4, -0.2) is 31.1 Å². The van der Waals surface area contributed by atoms with Crippen LogP contribution in [0.1, 0.15) is 20.8 Å². The summed E-state index contributed by atoms with van der Waals surface area (Å²) in [5, 5.41) is 3.35. The van der Waals surface area contributed by atoms with Gasteiger partial charge in [0.1, 0.15) is 0 Å². The second-order valence-electron chi connectivity index (χ2n) is 4.54. The van der Waals surface area contributed by atoms with Crippen LogP contribution in [0.2, 0.25) is 0 Å². The van der Waals surface area contributed by atoms with Gasteiger partial charge in [0, 0.05) is 25.3 Å². The average molecular weight is 206 g/mol. The van der Waals surface area contributed by atoms with Crippen molar-refractivity contribution < 1.29 is 0 Å². The van der Waals surface area contributed by atoms with E-state index in [4.69, 9.17) is 0 Å². The quantitative estimate of drug-likeness (QED) is 0.708. The largest absolute Gasteiger partial charge is 0.389 e. The first-order valence-corrected chi connectivity index (χ1v) is 5.47. The number of nitrogens with zero attached hydrogens (tertiary/aromatic N) is 1. The minimum atomic E-state index is 0.550. The van der Waals surface area contributed by atoms with E-state index < -0.39 is 0 Å². The van der Waals surface area contributed by atoms with Crippen LogP contribution in [0.15, 0.2) is 35.6 Å². The lowest BCUT2D eigenvalue weighted by molar-refractivity contribution is 0.277. The molecule has 1 aliphatic heterocycles. The summed E-state index contributed by atoms with van der Waals surface area (Å²) in [6, 6.07) is 0.550. The van der Waals surface area contributed by atoms with Crippen molar-refractivity contribution in [3.63, 3.8) is 0 Å². The van der Waals surface area contributed by atoms with Crippen LogP contribution in [0.25, 0.3) is 0 Å². The van der Waals surface area contributed by atoms with Crippen LogP contribution in [0.3, 0.4) is 0 Å². The molecule has 0 aromatic heterocycles. The molecule has 0 radical (unpaired) electrons. The lowest BCUT2D eigenvalue weighted by atomic mass is 10.1. The zero-order valence-electron chi connectivity index (χ0n) is 10.3. The van der Waals surface area contributed by atoms with Gasteiger partial charge in [0.2, 0.25) is 0 Å². The number of rotatable bonds is 1. The third-order valence-electron chi connectivity index (χ3n) is 2.82. The molecular weight excluding hydrogens is 184 g/mol. The molecule has 0 bridgehead atoms. The van der Waals surface area contributed by atoms with Crippen molar-refractivity contribution in [3.05, 3.63) is 35.6 Å². The predicted octanol–water partition coefficient (Wildman–Crippen LogP) is 2.32. The minimum Gasteiger partial charge on any atom is -0.389 e. The van der Waals surface area contributed by atoms with E-state index in [9.17, 15) is 0 Å². The summed E-state index contributed by atoms with van der Waals surface area (Å²) in [6.45, 7) is 12.4. The molecule has 1 atom stereocenters. The number of allylic oxidation sites excluding steroid dienone is 3. The first-order valence-electron chi connectivity index (χ1n) is 5.47. The van der Waals surface area contributed by atoms with Crippen LogP contribution >= 0.6 is 0 Å². The molecule has 0 spiro atoms. The SMILES string of the molecule is C=C(C)C1=C/NCC(C)N(C)C\C(C)=C\1. The summed E-state index contributed by atoms with van der Waals surface area (Å²) >= 11 is 0. The second kappa shape index (κ2) is 5.17. The van der Waals surface area contributed by atoms with Gasteiger partial charge in [0.25, 0.3) is 0 Å². The summed E-state index contributed by atoms with van der Waals surface area (Å²) in [5.74, 6) is 0. The van der Waals surface area contributed by atoms with E-state index in [0.717, 1.165) is 18.7 Å². The molecule has 0 aromatic rings. The Bertz CT molecular complexity index is 300. The predicted molar refractivity (Wildman–Crippen MR) is 66.7 cm³/mol. The van der Waals surface area contributed by atoms with Crippen LogP contribution < -0.4 is 5.32 Å². The van der Waals surface area contributed by atoms with Crippen molar-refractivity contribution in [2.45, 2.75) is 26.8 Å². The highest BCUT2D eigenvalue weighted by Gasteiger charge is 2.10. The van der Waals surface area contributed by atoms with Crippen LogP contribution in [0.5, 0.6) is 0 Å². The van der Waals surface area contributed by atoms with E-state index in [-0.39, 0.29) is 0 Å². The van der Waals surface area contributed by atoms with E-state index in [1.807, 2.05) is 6.92 Å². The lowest BCUT2D eigenvalue weighted by Crippen LogP contribution is -2.36. The highest BCUT2D eigenvalue weighted by molar-refractivity contribution is 5.38. The highest BCUT2D eigenvalue weighted by atomic mass is 15.1. The average Bonchev–Trinajstić information content (AvgIpc) is 2.19. The van der Waals surface area contributed by atoms with E-state index >= 15 is 0 Å². The van der Waals surface area contributed by atoms with E-state index in [0.29, 0.717) is 6.04 Å². The van der Waals surface area contributed by atoms with Gasteiger partial charge in [0.05, 0.1) is 0 Å². The van der Waals surface area contributed by atoms with Crippen LogP contribution in [0.4, 0.5) is 0 Å². The fraction of sp³-hybridized carbons (Fsp3) is 0.538. The van der Waals surface area contributed by atoms with Gasteiger partial charge in [0.15, 0.2) is 0 Å². The summed E-state index contributed by atoms with van der Waals surface area (Å²) < 4.78 is 0.